The summed E-state index contributed by atoms with van der Waals surface area (Å²) >= 11 is 0. The van der Waals surface area contributed by atoms with Gasteiger partial charge in [0.25, 0.3) is 0 Å². The van der Waals surface area contributed by atoms with Crippen molar-refractivity contribution in [1.82, 2.24) is 5.32 Å². The number of nitrogens with one attached hydrogen (secondary N) is 1. The van der Waals surface area contributed by atoms with Crippen LogP contribution in [0.3, 0.4) is 0 Å². The Morgan fingerprint density at radius 1 is 1.25 bits per heavy atom. The number of ether oxygens (including phenoxy) is 1. The number of aliphatic hydroxyl groups excluding tert-OH is 1. The lowest BCUT2D eigenvalue weighted by atomic mass is 10.1. The van der Waals surface area contributed by atoms with Crippen molar-refractivity contribution < 1.29 is 23.4 Å². The third kappa shape index (κ3) is 7.04. The lowest BCUT2D eigenvalue weighted by molar-refractivity contribution is -0.121. The van der Waals surface area contributed by atoms with E-state index < -0.39 is 6.61 Å². The summed E-state index contributed by atoms with van der Waals surface area (Å²) in [5, 5.41) is 11.4. The third-order valence-electron chi connectivity index (χ3n) is 2.70. The molecule has 0 aliphatic carbocycles. The van der Waals surface area contributed by atoms with Crippen LogP contribution in [0.15, 0.2) is 24.3 Å². The molecule has 0 spiro atoms. The summed E-state index contributed by atoms with van der Waals surface area (Å²) in [7, 11) is 0. The van der Waals surface area contributed by atoms with Crippen molar-refractivity contribution in [1.29, 1.82) is 0 Å². The van der Waals surface area contributed by atoms with Crippen LogP contribution in [-0.2, 0) is 11.2 Å². The molecule has 6 heteroatoms. The largest absolute Gasteiger partial charge is 0.435 e. The molecule has 0 aliphatic heterocycles. The molecule has 0 saturated carbocycles. The molecule has 1 rings (SSSR count). The van der Waals surface area contributed by atoms with Crippen LogP contribution in [-0.4, -0.2) is 30.8 Å². The van der Waals surface area contributed by atoms with E-state index in [1.54, 1.807) is 12.1 Å². The fourth-order valence-corrected chi connectivity index (χ4v) is 1.67. The Hall–Kier alpha value is -1.69. The summed E-state index contributed by atoms with van der Waals surface area (Å²) in [6.07, 6.45) is 2.32. The monoisotopic (exact) mass is 287 g/mol. The molecule has 0 aromatic heterocycles. The Bertz CT molecular complexity index is 396. The summed E-state index contributed by atoms with van der Waals surface area (Å²) in [4.78, 5) is 11.4. The second-order valence-corrected chi connectivity index (χ2v) is 4.30. The van der Waals surface area contributed by atoms with Crippen LogP contribution in [0.2, 0.25) is 0 Å². The third-order valence-corrected chi connectivity index (χ3v) is 2.70. The van der Waals surface area contributed by atoms with Crippen molar-refractivity contribution in [2.45, 2.75) is 32.3 Å². The van der Waals surface area contributed by atoms with E-state index in [1.807, 2.05) is 0 Å². The van der Waals surface area contributed by atoms with E-state index in [2.05, 4.69) is 10.1 Å². The maximum atomic E-state index is 12.0. The summed E-state index contributed by atoms with van der Waals surface area (Å²) in [5.74, 6) is 0.0768. The molecule has 1 aromatic rings. The number of alkyl halides is 2. The number of unbranched alkanes of at least 4 members (excludes halogenated alkanes) is 1. The fourth-order valence-electron chi connectivity index (χ4n) is 1.67. The number of aliphatic hydroxyl groups is 1. The highest BCUT2D eigenvalue weighted by Crippen LogP contribution is 2.14. The van der Waals surface area contributed by atoms with Crippen LogP contribution >= 0.6 is 0 Å². The van der Waals surface area contributed by atoms with Crippen LogP contribution in [0.1, 0.15) is 24.8 Å². The first kappa shape index (κ1) is 16.4. The van der Waals surface area contributed by atoms with Gasteiger partial charge in [0.1, 0.15) is 5.75 Å². The van der Waals surface area contributed by atoms with Crippen molar-refractivity contribution in [3.8, 4) is 5.75 Å². The number of hydrogen-bond acceptors (Lipinski definition) is 3. The van der Waals surface area contributed by atoms with Crippen LogP contribution in [0.25, 0.3) is 0 Å². The van der Waals surface area contributed by atoms with Crippen LogP contribution in [0.4, 0.5) is 8.78 Å². The molecule has 0 saturated heterocycles. The minimum absolute atomic E-state index is 0.0453. The molecular weight excluding hydrogens is 268 g/mol. The highest BCUT2D eigenvalue weighted by atomic mass is 19.3. The van der Waals surface area contributed by atoms with E-state index in [1.165, 1.54) is 12.1 Å². The van der Waals surface area contributed by atoms with Gasteiger partial charge < -0.3 is 15.2 Å². The molecular formula is C14H19F2NO3. The maximum Gasteiger partial charge on any atom is 0.387 e. The van der Waals surface area contributed by atoms with Gasteiger partial charge in [-0.05, 0) is 37.0 Å². The van der Waals surface area contributed by atoms with Crippen molar-refractivity contribution in [2.24, 2.45) is 0 Å². The van der Waals surface area contributed by atoms with Gasteiger partial charge in [-0.3, -0.25) is 4.79 Å². The van der Waals surface area contributed by atoms with E-state index in [4.69, 9.17) is 5.11 Å². The molecule has 0 atom stereocenters. The van der Waals surface area contributed by atoms with Gasteiger partial charge in [-0.15, -0.1) is 0 Å². The number of hydrogen-bond donors (Lipinski definition) is 2. The smallest absolute Gasteiger partial charge is 0.387 e. The number of rotatable bonds is 9. The van der Waals surface area contributed by atoms with Gasteiger partial charge in [0, 0.05) is 19.6 Å². The Labute approximate surface area is 116 Å². The fraction of sp³-hybridized carbons (Fsp3) is 0.500. The Balaban J connectivity index is 2.23. The van der Waals surface area contributed by atoms with Gasteiger partial charge in [-0.25, -0.2) is 0 Å². The zero-order valence-electron chi connectivity index (χ0n) is 11.1. The summed E-state index contributed by atoms with van der Waals surface area (Å²) < 4.78 is 28.2. The molecule has 0 bridgehead atoms. The lowest BCUT2D eigenvalue weighted by Crippen LogP contribution is -2.25. The molecule has 0 unspecified atom stereocenters. The van der Waals surface area contributed by atoms with Gasteiger partial charge in [-0.2, -0.15) is 8.78 Å². The predicted molar refractivity (Wildman–Crippen MR) is 70.7 cm³/mol. The molecule has 0 fully saturated rings. The Morgan fingerprint density at radius 3 is 2.55 bits per heavy atom. The van der Waals surface area contributed by atoms with Crippen molar-refractivity contribution >= 4 is 5.91 Å². The van der Waals surface area contributed by atoms with Gasteiger partial charge in [0.2, 0.25) is 5.91 Å². The molecule has 20 heavy (non-hydrogen) atoms. The van der Waals surface area contributed by atoms with Gasteiger partial charge in [0.15, 0.2) is 0 Å². The molecule has 1 amide bonds. The van der Waals surface area contributed by atoms with E-state index in [0.717, 1.165) is 5.56 Å². The quantitative estimate of drug-likeness (QED) is 0.684. The molecule has 112 valence electrons. The molecule has 0 radical (unpaired) electrons. The zero-order chi connectivity index (χ0) is 14.8. The maximum absolute atomic E-state index is 12.0. The Kier molecular flexibility index (Phi) is 7.57. The number of carbonyl (C=O) groups is 1. The van der Waals surface area contributed by atoms with Gasteiger partial charge in [-0.1, -0.05) is 12.1 Å². The number of benzene rings is 1. The van der Waals surface area contributed by atoms with Crippen LogP contribution in [0, 0.1) is 0 Å². The Morgan fingerprint density at radius 2 is 1.95 bits per heavy atom. The first-order valence-corrected chi connectivity index (χ1v) is 6.53. The standard InChI is InChI=1S/C14H19F2NO3/c15-14(16)20-12-6-4-11(5-7-12)8-9-17-13(19)3-1-2-10-18/h4-7,14,18H,1-3,8-10H2,(H,17,19). The summed E-state index contributed by atoms with van der Waals surface area (Å²) in [5.41, 5.74) is 0.933. The number of halogens is 2. The highest BCUT2D eigenvalue weighted by molar-refractivity contribution is 5.75. The average molecular weight is 287 g/mol. The lowest BCUT2D eigenvalue weighted by Gasteiger charge is -2.07. The molecule has 1 aromatic carbocycles. The molecule has 2 N–H and O–H groups in total. The minimum atomic E-state index is -2.82. The van der Waals surface area contributed by atoms with E-state index in [0.29, 0.717) is 32.2 Å². The predicted octanol–water partition coefficient (Wildman–Crippen LogP) is 2.11. The second kappa shape index (κ2) is 9.25. The highest BCUT2D eigenvalue weighted by Gasteiger charge is 2.04. The second-order valence-electron chi connectivity index (χ2n) is 4.30. The van der Waals surface area contributed by atoms with E-state index in [-0.39, 0.29) is 18.3 Å². The van der Waals surface area contributed by atoms with Crippen LogP contribution in [0.5, 0.6) is 5.75 Å². The zero-order valence-corrected chi connectivity index (χ0v) is 11.1. The number of carbonyl (C=O) groups excluding carboxylic acids is 1. The van der Waals surface area contributed by atoms with Gasteiger partial charge in [0.05, 0.1) is 0 Å². The number of amides is 1. The first-order valence-electron chi connectivity index (χ1n) is 6.53. The van der Waals surface area contributed by atoms with Crippen molar-refractivity contribution in [3.63, 3.8) is 0 Å². The van der Waals surface area contributed by atoms with Crippen LogP contribution < -0.4 is 10.1 Å². The average Bonchev–Trinajstić information content (AvgIpc) is 2.40. The summed E-state index contributed by atoms with van der Waals surface area (Å²) in [6.45, 7) is -2.23. The van der Waals surface area contributed by atoms with Crippen molar-refractivity contribution in [2.75, 3.05) is 13.2 Å². The SMILES string of the molecule is O=C(CCCCO)NCCc1ccc(OC(F)F)cc1. The first-order chi connectivity index (χ1) is 9.61. The normalized spacial score (nSPS) is 10.6. The van der Waals surface area contributed by atoms with Gasteiger partial charge >= 0.3 is 6.61 Å². The molecule has 0 aliphatic rings. The van der Waals surface area contributed by atoms with Crippen molar-refractivity contribution in [3.05, 3.63) is 29.8 Å². The van der Waals surface area contributed by atoms with E-state index in [9.17, 15) is 13.6 Å². The topological polar surface area (TPSA) is 58.6 Å². The molecule has 4 nitrogen and oxygen atoms in total. The summed E-state index contributed by atoms with van der Waals surface area (Å²) in [6, 6.07) is 6.33. The minimum Gasteiger partial charge on any atom is -0.435 e. The van der Waals surface area contributed by atoms with E-state index >= 15 is 0 Å². The molecule has 0 heterocycles.